The minimum Gasteiger partial charge on any atom is -0.371 e. The van der Waals surface area contributed by atoms with Gasteiger partial charge in [0.25, 0.3) is 0 Å². The number of nitrogens with one attached hydrogen (secondary N) is 1. The largest absolute Gasteiger partial charge is 0.371 e. The van der Waals surface area contributed by atoms with E-state index in [1.807, 2.05) is 7.05 Å². The molecule has 1 aromatic carbocycles. The Balaban J connectivity index is 2.12. The lowest BCUT2D eigenvalue weighted by Gasteiger charge is -2.35. The molecule has 0 bridgehead atoms. The summed E-state index contributed by atoms with van der Waals surface area (Å²) < 4.78 is 1.21. The van der Waals surface area contributed by atoms with Crippen LogP contribution in [0.4, 0.5) is 5.69 Å². The fourth-order valence-corrected chi connectivity index (χ4v) is 3.75. The molecule has 0 amide bonds. The Hall–Kier alpha value is -0.540. The van der Waals surface area contributed by atoms with Crippen molar-refractivity contribution in [1.82, 2.24) is 5.32 Å². The average Bonchev–Trinajstić information content (AvgIpc) is 2.46. The molecule has 1 aliphatic rings. The quantitative estimate of drug-likeness (QED) is 0.852. The van der Waals surface area contributed by atoms with Gasteiger partial charge in [-0.05, 0) is 79.2 Å². The van der Waals surface area contributed by atoms with E-state index in [4.69, 9.17) is 0 Å². The van der Waals surface area contributed by atoms with Crippen LogP contribution >= 0.6 is 15.9 Å². The maximum atomic E-state index is 3.75. The van der Waals surface area contributed by atoms with Crippen LogP contribution in [-0.2, 0) is 0 Å². The minimum atomic E-state index is 0.390. The number of hydrogen-bond acceptors (Lipinski definition) is 2. The molecular formula is C17H27BrN2. The van der Waals surface area contributed by atoms with Gasteiger partial charge in [0.05, 0.1) is 5.69 Å². The summed E-state index contributed by atoms with van der Waals surface area (Å²) in [4.78, 5) is 2.46. The van der Waals surface area contributed by atoms with Crippen LogP contribution in [0.25, 0.3) is 0 Å². The van der Waals surface area contributed by atoms with Crippen LogP contribution in [-0.4, -0.2) is 20.1 Å². The van der Waals surface area contributed by atoms with Gasteiger partial charge in [-0.1, -0.05) is 13.0 Å². The molecule has 2 nitrogen and oxygen atoms in total. The number of rotatable bonds is 4. The summed E-state index contributed by atoms with van der Waals surface area (Å²) in [5.41, 5.74) is 2.64. The molecule has 0 saturated heterocycles. The van der Waals surface area contributed by atoms with Gasteiger partial charge in [0.15, 0.2) is 0 Å². The Labute approximate surface area is 132 Å². The Bertz CT molecular complexity index is 439. The van der Waals surface area contributed by atoms with Crippen molar-refractivity contribution >= 4 is 21.6 Å². The van der Waals surface area contributed by atoms with Crippen molar-refractivity contribution in [3.05, 3.63) is 28.2 Å². The fourth-order valence-electron chi connectivity index (χ4n) is 3.07. The SMILES string of the molecule is CNC(C)c1ccc(N(C)C2CCC(C)CC2)c(Br)c1. The molecule has 0 radical (unpaired) electrons. The number of halogens is 1. The van der Waals surface area contributed by atoms with Crippen LogP contribution in [0.15, 0.2) is 22.7 Å². The van der Waals surface area contributed by atoms with Crippen molar-refractivity contribution in [2.45, 2.75) is 51.6 Å². The molecule has 1 aromatic rings. The van der Waals surface area contributed by atoms with E-state index in [-0.39, 0.29) is 0 Å². The zero-order valence-electron chi connectivity index (χ0n) is 13.1. The number of benzene rings is 1. The molecule has 1 aliphatic carbocycles. The van der Waals surface area contributed by atoms with Crippen LogP contribution in [0.1, 0.15) is 51.1 Å². The first-order valence-corrected chi connectivity index (χ1v) is 8.51. The number of nitrogens with zero attached hydrogens (tertiary/aromatic N) is 1. The molecular weight excluding hydrogens is 312 g/mol. The van der Waals surface area contributed by atoms with Crippen LogP contribution in [0.3, 0.4) is 0 Å². The standard InChI is InChI=1S/C17H27BrN2/c1-12-5-8-15(9-6-12)20(4)17-10-7-14(11-16(17)18)13(2)19-3/h7,10-13,15,19H,5-6,8-9H2,1-4H3. The summed E-state index contributed by atoms with van der Waals surface area (Å²) >= 11 is 3.75. The van der Waals surface area contributed by atoms with Crippen molar-refractivity contribution in [3.8, 4) is 0 Å². The highest BCUT2D eigenvalue weighted by Crippen LogP contribution is 2.34. The third-order valence-electron chi connectivity index (χ3n) is 4.82. The van der Waals surface area contributed by atoms with E-state index in [1.54, 1.807) is 0 Å². The van der Waals surface area contributed by atoms with Gasteiger partial charge in [0.2, 0.25) is 0 Å². The molecule has 2 rings (SSSR count). The second-order valence-electron chi connectivity index (χ2n) is 6.25. The van der Waals surface area contributed by atoms with E-state index in [9.17, 15) is 0 Å². The zero-order valence-corrected chi connectivity index (χ0v) is 14.7. The van der Waals surface area contributed by atoms with Gasteiger partial charge in [0, 0.05) is 23.6 Å². The summed E-state index contributed by atoms with van der Waals surface area (Å²) in [7, 11) is 4.24. The molecule has 112 valence electrons. The monoisotopic (exact) mass is 338 g/mol. The van der Waals surface area contributed by atoms with Crippen LogP contribution in [0.5, 0.6) is 0 Å². The smallest absolute Gasteiger partial charge is 0.0510 e. The molecule has 1 saturated carbocycles. The first-order chi connectivity index (χ1) is 9.52. The summed E-state index contributed by atoms with van der Waals surface area (Å²) in [6.45, 7) is 4.56. The van der Waals surface area contributed by atoms with Crippen molar-refractivity contribution in [3.63, 3.8) is 0 Å². The maximum absolute atomic E-state index is 3.75. The first-order valence-electron chi connectivity index (χ1n) is 7.72. The first kappa shape index (κ1) is 15.8. The number of hydrogen-bond donors (Lipinski definition) is 1. The van der Waals surface area contributed by atoms with Crippen LogP contribution in [0.2, 0.25) is 0 Å². The molecule has 1 unspecified atom stereocenters. The maximum Gasteiger partial charge on any atom is 0.0510 e. The van der Waals surface area contributed by atoms with E-state index >= 15 is 0 Å². The number of anilines is 1. The van der Waals surface area contributed by atoms with Gasteiger partial charge in [0.1, 0.15) is 0 Å². The lowest BCUT2D eigenvalue weighted by atomic mass is 9.86. The highest BCUT2D eigenvalue weighted by atomic mass is 79.9. The average molecular weight is 339 g/mol. The van der Waals surface area contributed by atoms with Crippen molar-refractivity contribution in [2.24, 2.45) is 5.92 Å². The molecule has 20 heavy (non-hydrogen) atoms. The highest BCUT2D eigenvalue weighted by Gasteiger charge is 2.23. The van der Waals surface area contributed by atoms with Gasteiger partial charge in [-0.3, -0.25) is 0 Å². The van der Waals surface area contributed by atoms with E-state index in [2.05, 4.69) is 65.2 Å². The normalized spacial score (nSPS) is 24.4. The van der Waals surface area contributed by atoms with Crippen LogP contribution < -0.4 is 10.2 Å². The molecule has 0 spiro atoms. The van der Waals surface area contributed by atoms with Crippen molar-refractivity contribution in [2.75, 3.05) is 19.0 Å². The summed E-state index contributed by atoms with van der Waals surface area (Å²) in [5.74, 6) is 0.905. The second-order valence-corrected chi connectivity index (χ2v) is 7.10. The second kappa shape index (κ2) is 6.95. The highest BCUT2D eigenvalue weighted by molar-refractivity contribution is 9.10. The summed E-state index contributed by atoms with van der Waals surface area (Å²) in [6, 6.07) is 7.82. The van der Waals surface area contributed by atoms with Gasteiger partial charge in [-0.25, -0.2) is 0 Å². The third-order valence-corrected chi connectivity index (χ3v) is 5.45. The fraction of sp³-hybridized carbons (Fsp3) is 0.647. The summed E-state index contributed by atoms with van der Waals surface area (Å²) in [6.07, 6.45) is 5.36. The Morgan fingerprint density at radius 3 is 2.45 bits per heavy atom. The Morgan fingerprint density at radius 1 is 1.25 bits per heavy atom. The van der Waals surface area contributed by atoms with Crippen molar-refractivity contribution in [1.29, 1.82) is 0 Å². The Morgan fingerprint density at radius 2 is 1.90 bits per heavy atom. The van der Waals surface area contributed by atoms with E-state index in [0.29, 0.717) is 12.1 Å². The van der Waals surface area contributed by atoms with E-state index < -0.39 is 0 Å². The minimum absolute atomic E-state index is 0.390. The molecule has 3 heteroatoms. The molecule has 0 heterocycles. The van der Waals surface area contributed by atoms with E-state index in [1.165, 1.54) is 41.4 Å². The molecule has 1 N–H and O–H groups in total. The topological polar surface area (TPSA) is 15.3 Å². The van der Waals surface area contributed by atoms with Gasteiger partial charge in [-0.2, -0.15) is 0 Å². The zero-order chi connectivity index (χ0) is 14.7. The molecule has 0 aliphatic heterocycles. The lowest BCUT2D eigenvalue weighted by Crippen LogP contribution is -2.35. The summed E-state index contributed by atoms with van der Waals surface area (Å²) in [5, 5.41) is 3.29. The third kappa shape index (κ3) is 3.56. The van der Waals surface area contributed by atoms with Crippen molar-refractivity contribution < 1.29 is 0 Å². The van der Waals surface area contributed by atoms with Gasteiger partial charge < -0.3 is 10.2 Å². The van der Waals surface area contributed by atoms with Gasteiger partial charge >= 0.3 is 0 Å². The molecule has 1 atom stereocenters. The predicted molar refractivity (Wildman–Crippen MR) is 91.4 cm³/mol. The molecule has 0 aromatic heterocycles. The van der Waals surface area contributed by atoms with Crippen LogP contribution in [0, 0.1) is 5.92 Å². The Kier molecular flexibility index (Phi) is 5.50. The van der Waals surface area contributed by atoms with Gasteiger partial charge in [-0.15, -0.1) is 0 Å². The predicted octanol–water partition coefficient (Wildman–Crippen LogP) is 4.74. The lowest BCUT2D eigenvalue weighted by molar-refractivity contribution is 0.340. The van der Waals surface area contributed by atoms with E-state index in [0.717, 1.165) is 5.92 Å². The molecule has 1 fully saturated rings.